The minimum atomic E-state index is -3.51. The van der Waals surface area contributed by atoms with E-state index in [1.54, 1.807) is 0 Å². The Morgan fingerprint density at radius 3 is 2.68 bits per heavy atom. The number of anilines is 1. The third-order valence-corrected chi connectivity index (χ3v) is 3.16. The SMILES string of the molecule is CCOCCNc1nc(S(C)(=O)=O)ccc1[N+](=O)[O-]. The maximum Gasteiger partial charge on any atom is 0.311 e. The number of nitrogens with one attached hydrogen (secondary N) is 1. The van der Waals surface area contributed by atoms with Crippen LogP contribution in [0, 0.1) is 10.1 Å². The lowest BCUT2D eigenvalue weighted by atomic mass is 10.4. The highest BCUT2D eigenvalue weighted by molar-refractivity contribution is 7.90. The molecule has 1 heterocycles. The van der Waals surface area contributed by atoms with Crippen LogP contribution in [0.5, 0.6) is 0 Å². The van der Waals surface area contributed by atoms with Crippen molar-refractivity contribution >= 4 is 21.3 Å². The lowest BCUT2D eigenvalue weighted by molar-refractivity contribution is -0.384. The van der Waals surface area contributed by atoms with Crippen LogP contribution in [0.3, 0.4) is 0 Å². The molecule has 0 saturated carbocycles. The molecule has 8 nitrogen and oxygen atoms in total. The van der Waals surface area contributed by atoms with Crippen LogP contribution in [-0.2, 0) is 14.6 Å². The van der Waals surface area contributed by atoms with E-state index in [1.165, 1.54) is 0 Å². The summed E-state index contributed by atoms with van der Waals surface area (Å²) in [7, 11) is -3.51. The van der Waals surface area contributed by atoms with Crippen molar-refractivity contribution in [2.45, 2.75) is 11.9 Å². The molecule has 106 valence electrons. The number of aromatic nitrogens is 1. The zero-order valence-electron chi connectivity index (χ0n) is 10.6. The highest BCUT2D eigenvalue weighted by Crippen LogP contribution is 2.23. The zero-order valence-corrected chi connectivity index (χ0v) is 11.4. The Hall–Kier alpha value is -1.74. The molecule has 0 atom stereocenters. The van der Waals surface area contributed by atoms with Crippen LogP contribution in [0.15, 0.2) is 17.2 Å². The second kappa shape index (κ2) is 6.43. The Kier molecular flexibility index (Phi) is 5.19. The number of sulfone groups is 1. The molecule has 0 saturated heterocycles. The first kappa shape index (κ1) is 15.3. The summed E-state index contributed by atoms with van der Waals surface area (Å²) in [5.41, 5.74) is -0.274. The highest BCUT2D eigenvalue weighted by atomic mass is 32.2. The van der Waals surface area contributed by atoms with Gasteiger partial charge in [-0.05, 0) is 13.0 Å². The summed E-state index contributed by atoms with van der Waals surface area (Å²) in [5.74, 6) is -0.0763. The fourth-order valence-corrected chi connectivity index (χ4v) is 1.88. The van der Waals surface area contributed by atoms with Crippen molar-refractivity contribution in [3.05, 3.63) is 22.2 Å². The van der Waals surface area contributed by atoms with Gasteiger partial charge in [-0.1, -0.05) is 0 Å². The summed E-state index contributed by atoms with van der Waals surface area (Å²) in [6, 6.07) is 2.23. The van der Waals surface area contributed by atoms with Crippen molar-refractivity contribution in [3.63, 3.8) is 0 Å². The first-order valence-electron chi connectivity index (χ1n) is 5.53. The predicted molar refractivity (Wildman–Crippen MR) is 69.0 cm³/mol. The van der Waals surface area contributed by atoms with Crippen molar-refractivity contribution in [3.8, 4) is 0 Å². The first-order chi connectivity index (χ1) is 8.86. The molecule has 1 N–H and O–H groups in total. The molecule has 9 heteroatoms. The van der Waals surface area contributed by atoms with Gasteiger partial charge in [-0.3, -0.25) is 10.1 Å². The van der Waals surface area contributed by atoms with Crippen LogP contribution < -0.4 is 5.32 Å². The number of nitro groups is 1. The number of hydrogen-bond acceptors (Lipinski definition) is 7. The van der Waals surface area contributed by atoms with Crippen LogP contribution in [0.1, 0.15) is 6.92 Å². The molecular weight excluding hydrogens is 274 g/mol. The molecule has 0 spiro atoms. The molecule has 0 aliphatic rings. The Balaban J connectivity index is 2.99. The monoisotopic (exact) mass is 289 g/mol. The molecule has 1 aromatic heterocycles. The Morgan fingerprint density at radius 2 is 2.16 bits per heavy atom. The predicted octanol–water partition coefficient (Wildman–Crippen LogP) is 0.842. The molecule has 0 aliphatic carbocycles. The maximum absolute atomic E-state index is 11.4. The number of pyridine rings is 1. The third-order valence-electron chi connectivity index (χ3n) is 2.17. The van der Waals surface area contributed by atoms with Gasteiger partial charge in [0.05, 0.1) is 11.5 Å². The van der Waals surface area contributed by atoms with Crippen LogP contribution in [0.4, 0.5) is 11.5 Å². The van der Waals surface area contributed by atoms with Gasteiger partial charge in [0, 0.05) is 25.5 Å². The van der Waals surface area contributed by atoms with E-state index in [9.17, 15) is 18.5 Å². The van der Waals surface area contributed by atoms with Gasteiger partial charge in [-0.15, -0.1) is 0 Å². The molecule has 0 radical (unpaired) electrons. The second-order valence-electron chi connectivity index (χ2n) is 3.67. The summed E-state index contributed by atoms with van der Waals surface area (Å²) in [4.78, 5) is 14.0. The van der Waals surface area contributed by atoms with Crippen molar-refractivity contribution in [2.75, 3.05) is 31.3 Å². The number of nitrogens with zero attached hydrogens (tertiary/aromatic N) is 2. The van der Waals surface area contributed by atoms with E-state index in [0.29, 0.717) is 19.8 Å². The van der Waals surface area contributed by atoms with Gasteiger partial charge in [0.25, 0.3) is 0 Å². The molecule has 0 amide bonds. The van der Waals surface area contributed by atoms with E-state index >= 15 is 0 Å². The largest absolute Gasteiger partial charge is 0.380 e. The van der Waals surface area contributed by atoms with Gasteiger partial charge in [0.1, 0.15) is 0 Å². The normalized spacial score (nSPS) is 11.3. The van der Waals surface area contributed by atoms with E-state index in [2.05, 4.69) is 10.3 Å². The molecule has 1 rings (SSSR count). The van der Waals surface area contributed by atoms with E-state index in [-0.39, 0.29) is 16.5 Å². The minimum Gasteiger partial charge on any atom is -0.380 e. The topological polar surface area (TPSA) is 111 Å². The van der Waals surface area contributed by atoms with Gasteiger partial charge in [0.2, 0.25) is 5.82 Å². The van der Waals surface area contributed by atoms with Crippen molar-refractivity contribution in [2.24, 2.45) is 0 Å². The number of rotatable bonds is 7. The van der Waals surface area contributed by atoms with Gasteiger partial charge >= 0.3 is 5.69 Å². The maximum atomic E-state index is 11.4. The van der Waals surface area contributed by atoms with Gasteiger partial charge in [-0.2, -0.15) is 0 Å². The van der Waals surface area contributed by atoms with Crippen LogP contribution >= 0.6 is 0 Å². The zero-order chi connectivity index (χ0) is 14.5. The van der Waals surface area contributed by atoms with E-state index in [1.807, 2.05) is 6.92 Å². The average Bonchev–Trinajstić information content (AvgIpc) is 2.33. The molecule has 0 bridgehead atoms. The van der Waals surface area contributed by atoms with Crippen molar-refractivity contribution in [1.29, 1.82) is 0 Å². The van der Waals surface area contributed by atoms with E-state index in [4.69, 9.17) is 4.74 Å². The van der Waals surface area contributed by atoms with Crippen LogP contribution in [0.25, 0.3) is 0 Å². The standard InChI is InChI=1S/C10H15N3O5S/c1-3-18-7-6-11-10-8(13(14)15)4-5-9(12-10)19(2,16)17/h4-5H,3,6-7H2,1-2H3,(H,11,12). The highest BCUT2D eigenvalue weighted by Gasteiger charge is 2.19. The molecular formula is C10H15N3O5S. The Labute approximate surface area is 110 Å². The molecule has 0 fully saturated rings. The summed E-state index contributed by atoms with van der Waals surface area (Å²) in [6.07, 6.45) is 0.991. The number of hydrogen-bond donors (Lipinski definition) is 1. The van der Waals surface area contributed by atoms with Crippen molar-refractivity contribution < 1.29 is 18.1 Å². The average molecular weight is 289 g/mol. The molecule has 0 unspecified atom stereocenters. The second-order valence-corrected chi connectivity index (χ2v) is 5.63. The molecule has 19 heavy (non-hydrogen) atoms. The fourth-order valence-electron chi connectivity index (χ4n) is 1.30. The Bertz CT molecular complexity index is 558. The lowest BCUT2D eigenvalue weighted by Gasteiger charge is -2.07. The van der Waals surface area contributed by atoms with E-state index in [0.717, 1.165) is 18.4 Å². The van der Waals surface area contributed by atoms with Gasteiger partial charge in [0.15, 0.2) is 14.9 Å². The Morgan fingerprint density at radius 1 is 1.47 bits per heavy atom. The minimum absolute atomic E-state index is 0.0763. The molecule has 0 aliphatic heterocycles. The van der Waals surface area contributed by atoms with Crippen LogP contribution in [-0.4, -0.2) is 44.3 Å². The lowest BCUT2D eigenvalue weighted by Crippen LogP contribution is -2.13. The van der Waals surface area contributed by atoms with Gasteiger partial charge < -0.3 is 10.1 Å². The quantitative estimate of drug-likeness (QED) is 0.449. The summed E-state index contributed by atoms with van der Waals surface area (Å²) >= 11 is 0. The summed E-state index contributed by atoms with van der Waals surface area (Å²) in [6.45, 7) is 3.00. The smallest absolute Gasteiger partial charge is 0.311 e. The van der Waals surface area contributed by atoms with Crippen molar-refractivity contribution in [1.82, 2.24) is 4.98 Å². The molecule has 0 aromatic carbocycles. The van der Waals surface area contributed by atoms with E-state index < -0.39 is 14.8 Å². The molecule has 1 aromatic rings. The first-order valence-corrected chi connectivity index (χ1v) is 7.42. The fraction of sp³-hybridized carbons (Fsp3) is 0.500. The number of ether oxygens (including phenoxy) is 1. The summed E-state index contributed by atoms with van der Waals surface area (Å²) in [5, 5.41) is 13.3. The third kappa shape index (κ3) is 4.45. The summed E-state index contributed by atoms with van der Waals surface area (Å²) < 4.78 is 27.8. The van der Waals surface area contributed by atoms with Crippen LogP contribution in [0.2, 0.25) is 0 Å². The van der Waals surface area contributed by atoms with Gasteiger partial charge in [-0.25, -0.2) is 13.4 Å².